The number of aromatic nitrogens is 2. The molecule has 1 aromatic carbocycles. The quantitative estimate of drug-likeness (QED) is 0.545. The van der Waals surface area contributed by atoms with E-state index >= 15 is 0 Å². The molecule has 0 fully saturated rings. The van der Waals surface area contributed by atoms with Crippen LogP contribution in [-0.4, -0.2) is 34.9 Å². The predicted octanol–water partition coefficient (Wildman–Crippen LogP) is 4.05. The second-order valence-electron chi connectivity index (χ2n) is 6.37. The molecule has 0 aliphatic rings. The van der Waals surface area contributed by atoms with Gasteiger partial charge in [0.1, 0.15) is 6.61 Å². The van der Waals surface area contributed by atoms with E-state index in [2.05, 4.69) is 4.98 Å². The number of hydrogen-bond acceptors (Lipinski definition) is 5. The average Bonchev–Trinajstić information content (AvgIpc) is 3.06. The number of likely N-dealkylation sites (N-methyl/N-ethyl adjacent to an activating group) is 1. The largest absolute Gasteiger partial charge is 0.485 e. The molecule has 3 aromatic rings. The van der Waals surface area contributed by atoms with Gasteiger partial charge in [0.2, 0.25) is 0 Å². The van der Waals surface area contributed by atoms with Gasteiger partial charge in [-0.1, -0.05) is 23.2 Å². The van der Waals surface area contributed by atoms with E-state index < -0.39 is 11.9 Å². The van der Waals surface area contributed by atoms with Crippen molar-refractivity contribution >= 4 is 46.4 Å². The third kappa shape index (κ3) is 4.63. The lowest BCUT2D eigenvalue weighted by Crippen LogP contribution is -2.31. The van der Waals surface area contributed by atoms with Crippen molar-refractivity contribution in [2.45, 2.75) is 20.5 Å². The van der Waals surface area contributed by atoms with Crippen molar-refractivity contribution in [3.63, 3.8) is 0 Å². The van der Waals surface area contributed by atoms with Gasteiger partial charge in [0.25, 0.3) is 5.91 Å². The van der Waals surface area contributed by atoms with Crippen molar-refractivity contribution in [1.29, 1.82) is 0 Å². The van der Waals surface area contributed by atoms with Crippen LogP contribution >= 0.6 is 23.2 Å². The lowest BCUT2D eigenvalue weighted by molar-refractivity contribution is -0.145. The fraction of sp³-hybridized carbons (Fsp3) is 0.250. The van der Waals surface area contributed by atoms with E-state index in [4.69, 9.17) is 32.7 Å². The van der Waals surface area contributed by atoms with Crippen LogP contribution in [0.25, 0.3) is 5.65 Å². The fourth-order valence-corrected chi connectivity index (χ4v) is 3.35. The van der Waals surface area contributed by atoms with Crippen LogP contribution in [0, 0.1) is 6.92 Å². The number of carbonyl (C=O) groups is 2. The molecule has 7 nitrogen and oxygen atoms in total. The molecule has 0 bridgehead atoms. The number of esters is 1. The van der Waals surface area contributed by atoms with Crippen LogP contribution in [0.4, 0.5) is 5.69 Å². The summed E-state index contributed by atoms with van der Waals surface area (Å²) in [5.41, 5.74) is 2.51. The van der Waals surface area contributed by atoms with Gasteiger partial charge in [0.15, 0.2) is 18.0 Å². The summed E-state index contributed by atoms with van der Waals surface area (Å²) in [6.07, 6.45) is 3.78. The first-order valence-electron chi connectivity index (χ1n) is 8.72. The first kappa shape index (κ1) is 21.0. The molecule has 3 rings (SSSR count). The maximum Gasteiger partial charge on any atom is 0.303 e. The maximum atomic E-state index is 12.2. The number of pyridine rings is 1. The lowest BCUT2D eigenvalue weighted by Gasteiger charge is -2.21. The second kappa shape index (κ2) is 8.71. The lowest BCUT2D eigenvalue weighted by atomic mass is 10.2. The molecule has 2 heterocycles. The number of amides is 1. The van der Waals surface area contributed by atoms with Gasteiger partial charge >= 0.3 is 5.97 Å². The van der Waals surface area contributed by atoms with Gasteiger partial charge in [-0.3, -0.25) is 9.59 Å². The number of rotatable bonds is 6. The van der Waals surface area contributed by atoms with Gasteiger partial charge in [0, 0.05) is 37.0 Å². The van der Waals surface area contributed by atoms with Gasteiger partial charge in [-0.2, -0.15) is 0 Å². The third-order valence-electron chi connectivity index (χ3n) is 4.24. The number of fused-ring (bicyclic) bond motifs is 1. The van der Waals surface area contributed by atoms with Crippen LogP contribution in [0.2, 0.25) is 10.0 Å². The highest BCUT2D eigenvalue weighted by Gasteiger charge is 2.19. The number of halogens is 2. The van der Waals surface area contributed by atoms with Gasteiger partial charge in [-0.25, -0.2) is 4.98 Å². The summed E-state index contributed by atoms with van der Waals surface area (Å²) in [7, 11) is 1.54. The Bertz CT molecular complexity index is 1080. The summed E-state index contributed by atoms with van der Waals surface area (Å²) in [4.78, 5) is 28.9. The highest BCUT2D eigenvalue weighted by atomic mass is 35.5. The number of nitrogens with zero attached hydrogens (tertiary/aromatic N) is 3. The smallest absolute Gasteiger partial charge is 0.303 e. The maximum absolute atomic E-state index is 12.2. The van der Waals surface area contributed by atoms with Crippen LogP contribution in [0.1, 0.15) is 18.2 Å². The number of ether oxygens (including phenoxy) is 2. The number of imidazole rings is 1. The monoisotopic (exact) mass is 435 g/mol. The third-order valence-corrected chi connectivity index (χ3v) is 5.02. The zero-order valence-electron chi connectivity index (χ0n) is 16.1. The standard InChI is InChI=1S/C20H19Cl2N3O4/c1-12-9-25-8-4-5-17(20(25)23-12)29-10-14-15(21)6-7-16(19(14)22)24(3)18(27)11-28-13(2)26/h4-9H,10-11H2,1-3H3. The van der Waals surface area contributed by atoms with Gasteiger partial charge in [-0.15, -0.1) is 0 Å². The summed E-state index contributed by atoms with van der Waals surface area (Å²) in [5, 5.41) is 0.689. The number of hydrogen-bond donors (Lipinski definition) is 0. The minimum atomic E-state index is -0.536. The van der Waals surface area contributed by atoms with Crippen LogP contribution in [0.5, 0.6) is 5.75 Å². The van der Waals surface area contributed by atoms with Crippen LogP contribution in [0.3, 0.4) is 0 Å². The molecule has 9 heteroatoms. The molecule has 0 radical (unpaired) electrons. The van der Waals surface area contributed by atoms with Crippen LogP contribution in [-0.2, 0) is 20.9 Å². The summed E-state index contributed by atoms with van der Waals surface area (Å²) in [5.74, 6) is -0.377. The molecule has 0 saturated carbocycles. The topological polar surface area (TPSA) is 73.1 Å². The predicted molar refractivity (Wildman–Crippen MR) is 111 cm³/mol. The first-order chi connectivity index (χ1) is 13.8. The molecule has 0 aliphatic heterocycles. The Morgan fingerprint density at radius 2 is 2.00 bits per heavy atom. The van der Waals surface area contributed by atoms with Crippen LogP contribution < -0.4 is 9.64 Å². The van der Waals surface area contributed by atoms with Crippen LogP contribution in [0.15, 0.2) is 36.7 Å². The van der Waals surface area contributed by atoms with Crippen molar-refractivity contribution in [3.8, 4) is 5.75 Å². The molecular formula is C20H19Cl2N3O4. The second-order valence-corrected chi connectivity index (χ2v) is 7.15. The van der Waals surface area contributed by atoms with E-state index in [0.717, 1.165) is 5.69 Å². The molecule has 0 N–H and O–H groups in total. The minimum Gasteiger partial charge on any atom is -0.485 e. The number of benzene rings is 1. The Balaban J connectivity index is 1.83. The highest BCUT2D eigenvalue weighted by molar-refractivity contribution is 6.38. The molecule has 29 heavy (non-hydrogen) atoms. The van der Waals surface area contributed by atoms with E-state index in [-0.39, 0.29) is 18.2 Å². The Labute approximate surface area is 177 Å². The van der Waals surface area contributed by atoms with E-state index in [1.54, 1.807) is 19.2 Å². The van der Waals surface area contributed by atoms with Gasteiger partial charge < -0.3 is 18.8 Å². The zero-order chi connectivity index (χ0) is 21.1. The van der Waals surface area contributed by atoms with E-state index in [9.17, 15) is 9.59 Å². The molecule has 152 valence electrons. The molecular weight excluding hydrogens is 417 g/mol. The average molecular weight is 436 g/mol. The van der Waals surface area contributed by atoms with Gasteiger partial charge in [0.05, 0.1) is 16.4 Å². The van der Waals surface area contributed by atoms with Crippen molar-refractivity contribution in [3.05, 3.63) is 58.0 Å². The summed E-state index contributed by atoms with van der Waals surface area (Å²) in [6, 6.07) is 6.92. The fourth-order valence-electron chi connectivity index (χ4n) is 2.74. The summed E-state index contributed by atoms with van der Waals surface area (Å²) >= 11 is 12.8. The first-order valence-corrected chi connectivity index (χ1v) is 9.47. The van der Waals surface area contributed by atoms with Crippen molar-refractivity contribution < 1.29 is 19.1 Å². The van der Waals surface area contributed by atoms with Gasteiger partial charge in [-0.05, 0) is 31.2 Å². The molecule has 2 aromatic heterocycles. The highest BCUT2D eigenvalue weighted by Crippen LogP contribution is 2.35. The molecule has 0 aliphatic carbocycles. The molecule has 0 unspecified atom stereocenters. The Morgan fingerprint density at radius 3 is 2.72 bits per heavy atom. The Kier molecular flexibility index (Phi) is 6.30. The Hall–Kier alpha value is -2.77. The van der Waals surface area contributed by atoms with E-state index in [0.29, 0.717) is 27.7 Å². The minimum absolute atomic E-state index is 0.0864. The van der Waals surface area contributed by atoms with E-state index in [1.807, 2.05) is 35.9 Å². The summed E-state index contributed by atoms with van der Waals surface area (Å²) in [6.45, 7) is 2.84. The van der Waals surface area contributed by atoms with Crippen molar-refractivity contribution in [2.75, 3.05) is 18.6 Å². The van der Waals surface area contributed by atoms with Crippen molar-refractivity contribution in [2.24, 2.45) is 0 Å². The van der Waals surface area contributed by atoms with Crippen molar-refractivity contribution in [1.82, 2.24) is 9.38 Å². The molecule has 1 amide bonds. The Morgan fingerprint density at radius 1 is 1.24 bits per heavy atom. The zero-order valence-corrected chi connectivity index (χ0v) is 17.6. The normalized spacial score (nSPS) is 10.8. The number of carbonyl (C=O) groups excluding carboxylic acids is 2. The molecule has 0 atom stereocenters. The molecule has 0 saturated heterocycles. The molecule has 0 spiro atoms. The number of anilines is 1. The number of aryl methyl sites for hydroxylation is 1. The van der Waals surface area contributed by atoms with E-state index in [1.165, 1.54) is 11.8 Å². The SMILES string of the molecule is CC(=O)OCC(=O)N(C)c1ccc(Cl)c(COc2cccn3cc(C)nc23)c1Cl. The summed E-state index contributed by atoms with van der Waals surface area (Å²) < 4.78 is 12.6.